The van der Waals surface area contributed by atoms with Gasteiger partial charge in [-0.2, -0.15) is 5.10 Å². The van der Waals surface area contributed by atoms with Crippen molar-refractivity contribution in [1.29, 1.82) is 0 Å². The number of carbonyl (C=O) groups excluding carboxylic acids is 1. The Hall–Kier alpha value is -1.95. The Morgan fingerprint density at radius 1 is 1.48 bits per heavy atom. The molecule has 0 aromatic carbocycles. The Balaban J connectivity index is 2.37. The molecule has 0 radical (unpaired) electrons. The largest absolute Gasteiger partial charge is 0.394 e. The SMILES string of the molecule is CCC(CO)NC(=O)c1cc2cnn(C(C)C)c2nc1C. The summed E-state index contributed by atoms with van der Waals surface area (Å²) in [4.78, 5) is 16.8. The number of nitrogens with one attached hydrogen (secondary N) is 1. The van der Waals surface area contributed by atoms with Crippen LogP contribution >= 0.6 is 0 Å². The van der Waals surface area contributed by atoms with Crippen LogP contribution in [0.1, 0.15) is 49.3 Å². The summed E-state index contributed by atoms with van der Waals surface area (Å²) in [6.07, 6.45) is 2.41. The summed E-state index contributed by atoms with van der Waals surface area (Å²) >= 11 is 0. The van der Waals surface area contributed by atoms with Gasteiger partial charge in [0.15, 0.2) is 5.65 Å². The molecule has 21 heavy (non-hydrogen) atoms. The van der Waals surface area contributed by atoms with Crippen molar-refractivity contribution in [3.8, 4) is 0 Å². The number of aliphatic hydroxyl groups is 1. The van der Waals surface area contributed by atoms with E-state index in [0.717, 1.165) is 11.0 Å². The van der Waals surface area contributed by atoms with E-state index in [1.807, 2.05) is 38.4 Å². The van der Waals surface area contributed by atoms with Gasteiger partial charge in [-0.1, -0.05) is 6.92 Å². The first-order chi connectivity index (χ1) is 9.97. The lowest BCUT2D eigenvalue weighted by Crippen LogP contribution is -2.37. The van der Waals surface area contributed by atoms with Gasteiger partial charge < -0.3 is 10.4 Å². The van der Waals surface area contributed by atoms with Crippen molar-refractivity contribution in [2.24, 2.45) is 0 Å². The number of nitrogens with zero attached hydrogens (tertiary/aromatic N) is 3. The highest BCUT2D eigenvalue weighted by molar-refractivity contribution is 5.98. The van der Waals surface area contributed by atoms with Crippen molar-refractivity contribution in [1.82, 2.24) is 20.1 Å². The van der Waals surface area contributed by atoms with Gasteiger partial charge in [0.05, 0.1) is 30.1 Å². The monoisotopic (exact) mass is 290 g/mol. The van der Waals surface area contributed by atoms with Crippen LogP contribution in [0, 0.1) is 6.92 Å². The standard InChI is InChI=1S/C15H22N4O2/c1-5-12(8-20)18-15(21)13-6-11-7-16-19(9(2)3)14(11)17-10(13)4/h6-7,9,12,20H,5,8H2,1-4H3,(H,18,21). The Morgan fingerprint density at radius 3 is 2.76 bits per heavy atom. The maximum atomic E-state index is 12.3. The van der Waals surface area contributed by atoms with Crippen LogP contribution in [-0.2, 0) is 0 Å². The summed E-state index contributed by atoms with van der Waals surface area (Å²) < 4.78 is 1.84. The third-order valence-electron chi connectivity index (χ3n) is 3.54. The molecule has 2 heterocycles. The molecule has 0 saturated carbocycles. The quantitative estimate of drug-likeness (QED) is 0.880. The van der Waals surface area contributed by atoms with Gasteiger partial charge in [-0.25, -0.2) is 9.67 Å². The number of hydrogen-bond donors (Lipinski definition) is 2. The van der Waals surface area contributed by atoms with Crippen LogP contribution in [0.4, 0.5) is 0 Å². The lowest BCUT2D eigenvalue weighted by atomic mass is 10.1. The van der Waals surface area contributed by atoms with E-state index in [2.05, 4.69) is 15.4 Å². The number of aliphatic hydroxyl groups excluding tert-OH is 1. The van der Waals surface area contributed by atoms with Crippen molar-refractivity contribution in [2.45, 2.75) is 46.2 Å². The summed E-state index contributed by atoms with van der Waals surface area (Å²) in [5.41, 5.74) is 1.97. The van der Waals surface area contributed by atoms with Crippen LogP contribution in [0.15, 0.2) is 12.3 Å². The lowest BCUT2D eigenvalue weighted by Gasteiger charge is -2.15. The maximum absolute atomic E-state index is 12.3. The molecule has 2 aromatic rings. The zero-order valence-corrected chi connectivity index (χ0v) is 12.9. The number of fused-ring (bicyclic) bond motifs is 1. The van der Waals surface area contributed by atoms with Gasteiger partial charge in [0.25, 0.3) is 5.91 Å². The van der Waals surface area contributed by atoms with E-state index in [0.29, 0.717) is 17.7 Å². The number of aromatic nitrogens is 3. The molecule has 0 bridgehead atoms. The van der Waals surface area contributed by atoms with E-state index < -0.39 is 0 Å². The highest BCUT2D eigenvalue weighted by atomic mass is 16.3. The van der Waals surface area contributed by atoms with Crippen molar-refractivity contribution < 1.29 is 9.90 Å². The van der Waals surface area contributed by atoms with Crippen LogP contribution < -0.4 is 5.32 Å². The van der Waals surface area contributed by atoms with E-state index in [4.69, 9.17) is 0 Å². The molecule has 0 aliphatic heterocycles. The molecule has 114 valence electrons. The van der Waals surface area contributed by atoms with Crippen LogP contribution in [0.2, 0.25) is 0 Å². The zero-order valence-electron chi connectivity index (χ0n) is 12.9. The molecule has 0 fully saturated rings. The Morgan fingerprint density at radius 2 is 2.19 bits per heavy atom. The second-order valence-corrected chi connectivity index (χ2v) is 5.48. The second-order valence-electron chi connectivity index (χ2n) is 5.48. The Labute approximate surface area is 124 Å². The highest BCUT2D eigenvalue weighted by Gasteiger charge is 2.17. The van der Waals surface area contributed by atoms with Gasteiger partial charge in [-0.15, -0.1) is 0 Å². The molecular formula is C15H22N4O2. The molecule has 2 aromatic heterocycles. The Kier molecular flexibility index (Phi) is 4.57. The van der Waals surface area contributed by atoms with Gasteiger partial charge >= 0.3 is 0 Å². The fourth-order valence-electron chi connectivity index (χ4n) is 2.21. The average molecular weight is 290 g/mol. The molecule has 0 aliphatic rings. The summed E-state index contributed by atoms with van der Waals surface area (Å²) in [5.74, 6) is -0.208. The lowest BCUT2D eigenvalue weighted by molar-refractivity contribution is 0.0914. The number of rotatable bonds is 5. The number of hydrogen-bond acceptors (Lipinski definition) is 4. The Bertz CT molecular complexity index is 644. The predicted molar refractivity (Wildman–Crippen MR) is 81.3 cm³/mol. The van der Waals surface area contributed by atoms with E-state index in [1.54, 1.807) is 6.20 Å². The minimum atomic E-state index is -0.231. The van der Waals surface area contributed by atoms with Gasteiger partial charge in [0, 0.05) is 11.4 Å². The second kappa shape index (κ2) is 6.22. The normalized spacial score (nSPS) is 12.9. The molecule has 1 amide bonds. The fourth-order valence-corrected chi connectivity index (χ4v) is 2.21. The fraction of sp³-hybridized carbons (Fsp3) is 0.533. The minimum absolute atomic E-state index is 0.0672. The van der Waals surface area contributed by atoms with Gasteiger partial charge in [0.2, 0.25) is 0 Å². The highest BCUT2D eigenvalue weighted by Crippen LogP contribution is 2.19. The molecule has 1 atom stereocenters. The van der Waals surface area contributed by atoms with Crippen molar-refractivity contribution in [3.05, 3.63) is 23.5 Å². The third kappa shape index (κ3) is 3.05. The third-order valence-corrected chi connectivity index (χ3v) is 3.54. The molecule has 0 saturated heterocycles. The molecule has 2 rings (SSSR count). The number of aryl methyl sites for hydroxylation is 1. The number of carbonyl (C=O) groups is 1. The van der Waals surface area contributed by atoms with Crippen LogP contribution in [0.3, 0.4) is 0 Å². The average Bonchev–Trinajstić information content (AvgIpc) is 2.86. The van der Waals surface area contributed by atoms with Crippen LogP contribution in [-0.4, -0.2) is 38.4 Å². The molecule has 0 spiro atoms. The smallest absolute Gasteiger partial charge is 0.253 e. The first-order valence-corrected chi connectivity index (χ1v) is 7.24. The first kappa shape index (κ1) is 15.4. The van der Waals surface area contributed by atoms with Gasteiger partial charge in [-0.05, 0) is 33.3 Å². The minimum Gasteiger partial charge on any atom is -0.394 e. The predicted octanol–water partition coefficient (Wildman–Crippen LogP) is 1.82. The van der Waals surface area contributed by atoms with E-state index in [9.17, 15) is 9.90 Å². The summed E-state index contributed by atoms with van der Waals surface area (Å²) in [6, 6.07) is 1.79. The molecule has 1 unspecified atom stereocenters. The molecule has 6 nitrogen and oxygen atoms in total. The first-order valence-electron chi connectivity index (χ1n) is 7.24. The molecule has 2 N–H and O–H groups in total. The molecule has 0 aliphatic carbocycles. The number of amides is 1. The topological polar surface area (TPSA) is 80.0 Å². The van der Waals surface area contributed by atoms with Crippen molar-refractivity contribution >= 4 is 16.9 Å². The van der Waals surface area contributed by atoms with Crippen molar-refractivity contribution in [3.63, 3.8) is 0 Å². The van der Waals surface area contributed by atoms with E-state index in [-0.39, 0.29) is 24.6 Å². The van der Waals surface area contributed by atoms with Crippen molar-refractivity contribution in [2.75, 3.05) is 6.61 Å². The summed E-state index contributed by atoms with van der Waals surface area (Å²) in [5, 5.41) is 17.2. The maximum Gasteiger partial charge on any atom is 0.253 e. The molecule has 6 heteroatoms. The summed E-state index contributed by atoms with van der Waals surface area (Å²) in [7, 11) is 0. The van der Waals surface area contributed by atoms with E-state index >= 15 is 0 Å². The van der Waals surface area contributed by atoms with Gasteiger partial charge in [0.1, 0.15) is 0 Å². The van der Waals surface area contributed by atoms with Crippen LogP contribution in [0.25, 0.3) is 11.0 Å². The van der Waals surface area contributed by atoms with Crippen LogP contribution in [0.5, 0.6) is 0 Å². The number of pyridine rings is 1. The van der Waals surface area contributed by atoms with Gasteiger partial charge in [-0.3, -0.25) is 4.79 Å². The zero-order chi connectivity index (χ0) is 15.6. The molecular weight excluding hydrogens is 268 g/mol. The van der Waals surface area contributed by atoms with E-state index in [1.165, 1.54) is 0 Å². The summed E-state index contributed by atoms with van der Waals surface area (Å²) in [6.45, 7) is 7.74.